The molecule has 0 fully saturated rings. The van der Waals surface area contributed by atoms with Crippen molar-refractivity contribution in [3.8, 4) is 5.69 Å². The molecule has 5 rings (SSSR count). The van der Waals surface area contributed by atoms with Gasteiger partial charge >= 0.3 is 6.18 Å². The van der Waals surface area contributed by atoms with Crippen LogP contribution in [0.15, 0.2) is 91.0 Å². The molecule has 0 spiro atoms. The van der Waals surface area contributed by atoms with Crippen molar-refractivity contribution in [2.24, 2.45) is 0 Å². The van der Waals surface area contributed by atoms with Gasteiger partial charge in [0.2, 0.25) is 5.91 Å². The highest BCUT2D eigenvalue weighted by atomic mass is 19.4. The van der Waals surface area contributed by atoms with Crippen molar-refractivity contribution in [3.05, 3.63) is 125 Å². The first-order chi connectivity index (χ1) is 21.9. The molecule has 4 aromatic rings. The van der Waals surface area contributed by atoms with Gasteiger partial charge in [-0.3, -0.25) is 19.3 Å². The van der Waals surface area contributed by atoms with E-state index in [0.29, 0.717) is 28.7 Å². The summed E-state index contributed by atoms with van der Waals surface area (Å²) < 4.78 is 55.9. The monoisotopic (exact) mass is 635 g/mol. The lowest BCUT2D eigenvalue weighted by atomic mass is 9.80. The Morgan fingerprint density at radius 1 is 1.02 bits per heavy atom. The number of nitrogens with zero attached hydrogens (tertiary/aromatic N) is 3. The Hall–Kier alpha value is -5.30. The largest absolute Gasteiger partial charge is 0.416 e. The molecule has 3 amide bonds. The van der Waals surface area contributed by atoms with Crippen molar-refractivity contribution in [2.45, 2.75) is 31.6 Å². The topological polar surface area (TPSA) is 117 Å². The second-order valence-corrected chi connectivity index (χ2v) is 10.5. The first kappa shape index (κ1) is 32.1. The number of alkyl halides is 3. The average molecular weight is 636 g/mol. The summed E-state index contributed by atoms with van der Waals surface area (Å²) in [4.78, 5) is 41.7. The van der Waals surface area contributed by atoms with Crippen LogP contribution in [0.4, 0.5) is 23.4 Å². The van der Waals surface area contributed by atoms with Crippen LogP contribution >= 0.6 is 0 Å². The van der Waals surface area contributed by atoms with E-state index in [2.05, 4.69) is 17.2 Å². The molecule has 2 heterocycles. The van der Waals surface area contributed by atoms with E-state index in [1.54, 1.807) is 37.3 Å². The number of rotatable bonds is 9. The number of aromatic nitrogens is 2. The highest BCUT2D eigenvalue weighted by Crippen LogP contribution is 2.43. The van der Waals surface area contributed by atoms with Crippen LogP contribution in [0.3, 0.4) is 0 Å². The van der Waals surface area contributed by atoms with E-state index in [1.807, 2.05) is 0 Å². The van der Waals surface area contributed by atoms with Crippen LogP contribution in [0, 0.1) is 5.82 Å². The summed E-state index contributed by atoms with van der Waals surface area (Å²) in [5, 5.41) is 19.4. The van der Waals surface area contributed by atoms with E-state index in [4.69, 9.17) is 5.10 Å². The fourth-order valence-corrected chi connectivity index (χ4v) is 5.41. The van der Waals surface area contributed by atoms with Gasteiger partial charge in [0, 0.05) is 29.2 Å². The van der Waals surface area contributed by atoms with E-state index >= 15 is 0 Å². The van der Waals surface area contributed by atoms with Crippen molar-refractivity contribution in [1.82, 2.24) is 20.4 Å². The Balaban J connectivity index is 1.69. The normalized spacial score (nSPS) is 16.1. The van der Waals surface area contributed by atoms with Crippen molar-refractivity contribution in [3.63, 3.8) is 0 Å². The van der Waals surface area contributed by atoms with Crippen molar-refractivity contribution >= 4 is 23.5 Å². The van der Waals surface area contributed by atoms with Gasteiger partial charge in [-0.2, -0.15) is 18.3 Å². The number of hydrogen-bond acceptors (Lipinski definition) is 5. The van der Waals surface area contributed by atoms with Gasteiger partial charge in [-0.15, -0.1) is 0 Å². The van der Waals surface area contributed by atoms with Crippen LogP contribution in [-0.2, 0) is 22.3 Å². The first-order valence-electron chi connectivity index (χ1n) is 14.2. The van der Waals surface area contributed by atoms with Crippen LogP contribution in [0.2, 0.25) is 0 Å². The van der Waals surface area contributed by atoms with E-state index < -0.39 is 53.8 Å². The number of para-hydroxylation sites is 1. The van der Waals surface area contributed by atoms with Crippen LogP contribution < -0.4 is 15.5 Å². The number of aliphatic hydroxyl groups excluding tert-OH is 1. The summed E-state index contributed by atoms with van der Waals surface area (Å²) in [6.07, 6.45) is -4.70. The van der Waals surface area contributed by atoms with Gasteiger partial charge in [-0.05, 0) is 55.0 Å². The van der Waals surface area contributed by atoms with Crippen LogP contribution in [0.25, 0.3) is 5.69 Å². The molecule has 238 valence electrons. The Bertz CT molecular complexity index is 1790. The zero-order valence-electron chi connectivity index (χ0n) is 24.5. The van der Waals surface area contributed by atoms with Crippen molar-refractivity contribution in [1.29, 1.82) is 0 Å². The Morgan fingerprint density at radius 3 is 2.35 bits per heavy atom. The van der Waals surface area contributed by atoms with Gasteiger partial charge < -0.3 is 15.7 Å². The molecule has 3 N–H and O–H groups in total. The van der Waals surface area contributed by atoms with E-state index in [1.165, 1.54) is 39.9 Å². The molecule has 2 atom stereocenters. The zero-order valence-corrected chi connectivity index (χ0v) is 24.5. The number of hydrogen-bond donors (Lipinski definition) is 3. The molecule has 0 unspecified atom stereocenters. The van der Waals surface area contributed by atoms with Crippen LogP contribution in [-0.4, -0.2) is 51.8 Å². The molecule has 3 aromatic carbocycles. The lowest BCUT2D eigenvalue weighted by Crippen LogP contribution is -2.55. The highest BCUT2D eigenvalue weighted by Gasteiger charge is 2.46. The summed E-state index contributed by atoms with van der Waals surface area (Å²) in [5.74, 6) is -3.38. The van der Waals surface area contributed by atoms with Gasteiger partial charge in [0.15, 0.2) is 0 Å². The molecule has 0 saturated carbocycles. The van der Waals surface area contributed by atoms with Gasteiger partial charge in [0.1, 0.15) is 17.7 Å². The molecule has 0 bridgehead atoms. The number of likely N-dealkylation sites (N-methyl/N-ethyl adjacent to an activating group) is 1. The third-order valence-electron chi connectivity index (χ3n) is 7.62. The number of amides is 3. The zero-order chi connectivity index (χ0) is 33.2. The fourth-order valence-electron chi connectivity index (χ4n) is 5.41. The number of aliphatic hydroxyl groups is 1. The summed E-state index contributed by atoms with van der Waals surface area (Å²) >= 11 is 0. The molecular weight excluding hydrogens is 606 g/mol. The second-order valence-electron chi connectivity index (χ2n) is 10.5. The first-order valence-corrected chi connectivity index (χ1v) is 14.2. The second kappa shape index (κ2) is 13.0. The predicted molar refractivity (Wildman–Crippen MR) is 161 cm³/mol. The lowest BCUT2D eigenvalue weighted by molar-refractivity contribution is -0.137. The SMILES string of the molecule is C=C(CO)C(=O)NCc1nn(-c2ccccc2)c2c1[C@@H](c1ccc(F)cc1)[C@@H](NC(=O)c1cccc(C(F)(F)F)c1)C(=O)N2CC. The number of halogens is 4. The van der Waals surface area contributed by atoms with E-state index in [9.17, 15) is 37.1 Å². The van der Waals surface area contributed by atoms with E-state index in [-0.39, 0.29) is 29.9 Å². The predicted octanol–water partition coefficient (Wildman–Crippen LogP) is 4.49. The molecule has 1 aliphatic rings. The third-order valence-corrected chi connectivity index (χ3v) is 7.62. The molecule has 1 aliphatic heterocycles. The van der Waals surface area contributed by atoms with Gasteiger partial charge in [-0.25, -0.2) is 9.07 Å². The van der Waals surface area contributed by atoms with Crippen LogP contribution in [0.5, 0.6) is 0 Å². The number of carbonyl (C=O) groups excluding carboxylic acids is 3. The number of anilines is 1. The van der Waals surface area contributed by atoms with Gasteiger partial charge in [0.05, 0.1) is 30.1 Å². The quantitative estimate of drug-likeness (QED) is 0.185. The Labute approximate surface area is 261 Å². The minimum Gasteiger partial charge on any atom is -0.391 e. The standard InChI is InChI=1S/C33H29F4N5O4/c1-3-41-31-27(25(17-38-29(44)19(2)18-43)40-42(31)24-10-5-4-6-11-24)26(20-12-14-23(34)15-13-20)28(32(41)46)39-30(45)21-8-7-9-22(16-21)33(35,36)37/h4-16,26,28,43H,2-3,17-18H2,1H3,(H,38,44)(H,39,45)/t26-,28-/m1/s1. The van der Waals surface area contributed by atoms with Gasteiger partial charge in [-0.1, -0.05) is 43.0 Å². The Kier molecular flexibility index (Phi) is 9.05. The van der Waals surface area contributed by atoms with Gasteiger partial charge in [0.25, 0.3) is 11.8 Å². The van der Waals surface area contributed by atoms with Crippen molar-refractivity contribution in [2.75, 3.05) is 18.1 Å². The lowest BCUT2D eigenvalue weighted by Gasteiger charge is -2.38. The maximum Gasteiger partial charge on any atom is 0.416 e. The van der Waals surface area contributed by atoms with E-state index in [0.717, 1.165) is 12.1 Å². The molecular formula is C33H29F4N5O4. The van der Waals surface area contributed by atoms with Crippen molar-refractivity contribution < 1.29 is 37.1 Å². The molecule has 0 saturated heterocycles. The summed E-state index contributed by atoms with van der Waals surface area (Å²) in [6, 6.07) is 16.6. The molecule has 0 aliphatic carbocycles. The Morgan fingerprint density at radius 2 is 1.72 bits per heavy atom. The number of carbonyl (C=O) groups is 3. The summed E-state index contributed by atoms with van der Waals surface area (Å²) in [5.41, 5.74) is 0.243. The molecule has 1 aromatic heterocycles. The average Bonchev–Trinajstić information content (AvgIpc) is 3.43. The maximum absolute atomic E-state index is 14.3. The maximum atomic E-state index is 14.3. The third kappa shape index (κ3) is 6.26. The highest BCUT2D eigenvalue weighted by molar-refractivity contribution is 6.05. The fraction of sp³-hybridized carbons (Fsp3) is 0.212. The molecule has 9 nitrogen and oxygen atoms in total. The van der Waals surface area contributed by atoms with Crippen LogP contribution in [0.1, 0.15) is 45.6 Å². The smallest absolute Gasteiger partial charge is 0.391 e. The number of fused-ring (bicyclic) bond motifs is 1. The minimum absolute atomic E-state index is 0.0944. The minimum atomic E-state index is -4.70. The molecule has 13 heteroatoms. The summed E-state index contributed by atoms with van der Waals surface area (Å²) in [6.45, 7) is 4.59. The molecule has 46 heavy (non-hydrogen) atoms. The number of nitrogens with one attached hydrogen (secondary N) is 2. The summed E-state index contributed by atoms with van der Waals surface area (Å²) in [7, 11) is 0. The number of benzene rings is 3. The molecule has 0 radical (unpaired) electrons.